The predicted octanol–water partition coefficient (Wildman–Crippen LogP) is 4.20. The number of anilines is 1. The lowest BCUT2D eigenvalue weighted by Crippen LogP contribution is -2.23. The summed E-state index contributed by atoms with van der Waals surface area (Å²) >= 11 is 0. The fourth-order valence-electron chi connectivity index (χ4n) is 2.97. The quantitative estimate of drug-likeness (QED) is 0.602. The Bertz CT molecular complexity index is 961. The molecule has 3 aromatic rings. The van der Waals surface area contributed by atoms with Crippen molar-refractivity contribution >= 4 is 11.7 Å². The second-order valence-corrected chi connectivity index (χ2v) is 6.58. The normalized spacial score (nSPS) is 11.4. The smallest absolute Gasteiger partial charge is 0.251 e. The van der Waals surface area contributed by atoms with Crippen LogP contribution < -0.4 is 20.1 Å². The fraction of sp³-hybridized carbons (Fsp3) is 0.217. The van der Waals surface area contributed by atoms with E-state index in [0.717, 1.165) is 11.1 Å². The van der Waals surface area contributed by atoms with Gasteiger partial charge in [0.1, 0.15) is 5.82 Å². The number of carbonyl (C=O) groups excluding carboxylic acids is 1. The van der Waals surface area contributed by atoms with Crippen LogP contribution in [0.3, 0.4) is 0 Å². The Kier molecular flexibility index (Phi) is 6.68. The summed E-state index contributed by atoms with van der Waals surface area (Å²) in [4.78, 5) is 16.9. The maximum Gasteiger partial charge on any atom is 0.251 e. The van der Waals surface area contributed by atoms with Gasteiger partial charge in [-0.3, -0.25) is 4.79 Å². The monoisotopic (exact) mass is 391 g/mol. The number of pyridine rings is 1. The number of carbonyl (C=O) groups is 1. The average molecular weight is 391 g/mol. The van der Waals surface area contributed by atoms with Crippen LogP contribution in [0.2, 0.25) is 0 Å². The van der Waals surface area contributed by atoms with Crippen LogP contribution in [0.25, 0.3) is 0 Å². The van der Waals surface area contributed by atoms with E-state index in [0.29, 0.717) is 29.4 Å². The number of benzene rings is 2. The Balaban J connectivity index is 1.63. The first kappa shape index (κ1) is 20.2. The third-order valence-electron chi connectivity index (χ3n) is 4.59. The van der Waals surface area contributed by atoms with Gasteiger partial charge in [0.25, 0.3) is 5.91 Å². The van der Waals surface area contributed by atoms with Gasteiger partial charge in [0.15, 0.2) is 11.5 Å². The lowest BCUT2D eigenvalue weighted by atomic mass is 10.1. The number of methoxy groups -OCH3 is 2. The van der Waals surface area contributed by atoms with E-state index in [1.54, 1.807) is 32.5 Å². The summed E-state index contributed by atoms with van der Waals surface area (Å²) in [6.07, 6.45) is 1.63. The van der Waals surface area contributed by atoms with Crippen molar-refractivity contribution in [2.75, 3.05) is 19.5 Å². The standard InChI is InChI=1S/C23H25N3O3/c1-16(18-7-5-4-6-8-18)26-22-14-19(11-12-24-22)23(27)25-15-17-9-10-20(28-2)21(13-17)29-3/h4-14,16H,15H2,1-3H3,(H,24,26)(H,25,27). The van der Waals surface area contributed by atoms with Gasteiger partial charge >= 0.3 is 0 Å². The first-order valence-electron chi connectivity index (χ1n) is 9.37. The molecule has 0 fully saturated rings. The van der Waals surface area contributed by atoms with E-state index in [9.17, 15) is 4.79 Å². The first-order valence-corrected chi connectivity index (χ1v) is 9.37. The second kappa shape index (κ2) is 9.59. The lowest BCUT2D eigenvalue weighted by Gasteiger charge is -2.15. The molecule has 0 saturated carbocycles. The van der Waals surface area contributed by atoms with E-state index in [4.69, 9.17) is 9.47 Å². The van der Waals surface area contributed by atoms with E-state index >= 15 is 0 Å². The molecule has 3 rings (SSSR count). The summed E-state index contributed by atoms with van der Waals surface area (Å²) in [5, 5.41) is 6.26. The van der Waals surface area contributed by atoms with Gasteiger partial charge in [-0.25, -0.2) is 4.98 Å². The topological polar surface area (TPSA) is 72.5 Å². The van der Waals surface area contributed by atoms with Gasteiger partial charge in [-0.15, -0.1) is 0 Å². The molecular formula is C23H25N3O3. The second-order valence-electron chi connectivity index (χ2n) is 6.58. The van der Waals surface area contributed by atoms with Crippen LogP contribution in [-0.2, 0) is 6.54 Å². The van der Waals surface area contributed by atoms with Crippen molar-refractivity contribution in [2.45, 2.75) is 19.5 Å². The van der Waals surface area contributed by atoms with Gasteiger partial charge in [-0.1, -0.05) is 36.4 Å². The highest BCUT2D eigenvalue weighted by Gasteiger charge is 2.11. The molecule has 1 aromatic heterocycles. The summed E-state index contributed by atoms with van der Waals surface area (Å²) < 4.78 is 10.5. The molecule has 29 heavy (non-hydrogen) atoms. The Morgan fingerprint density at radius 1 is 1.00 bits per heavy atom. The van der Waals surface area contributed by atoms with Gasteiger partial charge in [0.05, 0.1) is 14.2 Å². The average Bonchev–Trinajstić information content (AvgIpc) is 2.78. The third-order valence-corrected chi connectivity index (χ3v) is 4.59. The van der Waals surface area contributed by atoms with Crippen molar-refractivity contribution in [2.24, 2.45) is 0 Å². The molecule has 1 heterocycles. The van der Waals surface area contributed by atoms with Gasteiger partial charge in [0, 0.05) is 24.3 Å². The number of hydrogen-bond acceptors (Lipinski definition) is 5. The third kappa shape index (κ3) is 5.25. The first-order chi connectivity index (χ1) is 14.1. The number of rotatable bonds is 8. The van der Waals surface area contributed by atoms with Gasteiger partial charge < -0.3 is 20.1 Å². The largest absolute Gasteiger partial charge is 0.493 e. The Morgan fingerprint density at radius 3 is 2.48 bits per heavy atom. The Morgan fingerprint density at radius 2 is 1.76 bits per heavy atom. The molecule has 1 atom stereocenters. The molecule has 0 saturated heterocycles. The van der Waals surface area contributed by atoms with Crippen LogP contribution in [0.5, 0.6) is 11.5 Å². The number of ether oxygens (including phenoxy) is 2. The van der Waals surface area contributed by atoms with Crippen molar-refractivity contribution in [3.8, 4) is 11.5 Å². The molecule has 2 aromatic carbocycles. The van der Waals surface area contributed by atoms with Crippen LogP contribution in [0.4, 0.5) is 5.82 Å². The molecule has 0 bridgehead atoms. The fourth-order valence-corrected chi connectivity index (χ4v) is 2.97. The lowest BCUT2D eigenvalue weighted by molar-refractivity contribution is 0.0951. The molecule has 0 aliphatic rings. The zero-order valence-electron chi connectivity index (χ0n) is 16.8. The van der Waals surface area contributed by atoms with Crippen LogP contribution >= 0.6 is 0 Å². The van der Waals surface area contributed by atoms with Crippen molar-refractivity contribution in [1.29, 1.82) is 0 Å². The maximum absolute atomic E-state index is 12.6. The number of aromatic nitrogens is 1. The number of amides is 1. The van der Waals surface area contributed by atoms with Crippen molar-refractivity contribution < 1.29 is 14.3 Å². The highest BCUT2D eigenvalue weighted by atomic mass is 16.5. The molecule has 0 radical (unpaired) electrons. The van der Waals surface area contributed by atoms with Crippen LogP contribution in [0.15, 0.2) is 66.9 Å². The summed E-state index contributed by atoms with van der Waals surface area (Å²) in [6.45, 7) is 2.44. The number of nitrogens with zero attached hydrogens (tertiary/aromatic N) is 1. The predicted molar refractivity (Wildman–Crippen MR) is 113 cm³/mol. The highest BCUT2D eigenvalue weighted by molar-refractivity contribution is 5.94. The van der Waals surface area contributed by atoms with E-state index < -0.39 is 0 Å². The molecule has 1 amide bonds. The van der Waals surface area contributed by atoms with Gasteiger partial charge in [-0.05, 0) is 42.3 Å². The highest BCUT2D eigenvalue weighted by Crippen LogP contribution is 2.27. The van der Waals surface area contributed by atoms with Crippen LogP contribution in [0, 0.1) is 0 Å². The van der Waals surface area contributed by atoms with E-state index in [-0.39, 0.29) is 11.9 Å². The SMILES string of the molecule is COc1ccc(CNC(=O)c2ccnc(NC(C)c3ccccc3)c2)cc1OC. The molecule has 6 heteroatoms. The molecule has 1 unspecified atom stereocenters. The van der Waals surface area contributed by atoms with Crippen LogP contribution in [0.1, 0.15) is 34.5 Å². The molecule has 6 nitrogen and oxygen atoms in total. The Hall–Kier alpha value is -3.54. The summed E-state index contributed by atoms with van der Waals surface area (Å²) in [5.74, 6) is 1.77. The minimum Gasteiger partial charge on any atom is -0.493 e. The summed E-state index contributed by atoms with van der Waals surface area (Å²) in [5.41, 5.74) is 2.61. The number of hydrogen-bond donors (Lipinski definition) is 2. The Labute approximate surface area is 170 Å². The minimum atomic E-state index is -0.169. The van der Waals surface area contributed by atoms with E-state index in [2.05, 4.69) is 34.7 Å². The van der Waals surface area contributed by atoms with Crippen LogP contribution in [-0.4, -0.2) is 25.1 Å². The van der Waals surface area contributed by atoms with Gasteiger partial charge in [0.2, 0.25) is 0 Å². The minimum absolute atomic E-state index is 0.0776. The maximum atomic E-state index is 12.6. The van der Waals surface area contributed by atoms with Crippen molar-refractivity contribution in [3.63, 3.8) is 0 Å². The molecule has 0 aliphatic carbocycles. The zero-order chi connectivity index (χ0) is 20.6. The van der Waals surface area contributed by atoms with Gasteiger partial charge in [-0.2, -0.15) is 0 Å². The van der Waals surface area contributed by atoms with E-state index in [1.807, 2.05) is 36.4 Å². The molecule has 0 spiro atoms. The van der Waals surface area contributed by atoms with E-state index in [1.165, 1.54) is 0 Å². The summed E-state index contributed by atoms with van der Waals surface area (Å²) in [7, 11) is 3.18. The van der Waals surface area contributed by atoms with Crippen molar-refractivity contribution in [3.05, 3.63) is 83.6 Å². The zero-order valence-corrected chi connectivity index (χ0v) is 16.8. The molecule has 0 aliphatic heterocycles. The summed E-state index contributed by atoms with van der Waals surface area (Å²) in [6, 6.07) is 19.2. The van der Waals surface area contributed by atoms with Crippen molar-refractivity contribution in [1.82, 2.24) is 10.3 Å². The number of nitrogens with one attached hydrogen (secondary N) is 2. The molecule has 2 N–H and O–H groups in total. The molecular weight excluding hydrogens is 366 g/mol. The molecule has 150 valence electrons.